The van der Waals surface area contributed by atoms with Gasteiger partial charge in [-0.2, -0.15) is 15.3 Å². The minimum absolute atomic E-state index is 0.297. The van der Waals surface area contributed by atoms with E-state index in [0.717, 1.165) is 27.2 Å². The Labute approximate surface area is 187 Å². The van der Waals surface area contributed by atoms with Crippen LogP contribution in [-0.4, -0.2) is 42.4 Å². The Morgan fingerprint density at radius 2 is 2.03 bits per heavy atom. The van der Waals surface area contributed by atoms with Crippen molar-refractivity contribution in [2.45, 2.75) is 27.1 Å². The number of aromatic nitrogens is 6. The lowest BCUT2D eigenvalue weighted by molar-refractivity contribution is 0.102. The Balaban J connectivity index is 1.39. The third-order valence-electron chi connectivity index (χ3n) is 4.82. The van der Waals surface area contributed by atoms with Crippen molar-refractivity contribution < 1.29 is 9.53 Å². The second-order valence-corrected chi connectivity index (χ2v) is 7.89. The first-order valence-electron chi connectivity index (χ1n) is 9.62. The van der Waals surface area contributed by atoms with Crippen LogP contribution in [0.1, 0.15) is 27.4 Å². The normalized spacial score (nSPS) is 11.0. The molecule has 10 heteroatoms. The van der Waals surface area contributed by atoms with Crippen LogP contribution in [0, 0.1) is 13.8 Å². The molecule has 0 aliphatic rings. The van der Waals surface area contributed by atoms with Crippen LogP contribution in [-0.2, 0) is 13.2 Å². The summed E-state index contributed by atoms with van der Waals surface area (Å²) in [5.74, 6) is 0.496. The molecule has 0 fully saturated rings. The molecular weight excluding hydrogens is 462 g/mol. The number of hydrogen-bond acceptors (Lipinski definition) is 5. The van der Waals surface area contributed by atoms with E-state index in [1.807, 2.05) is 42.8 Å². The average Bonchev–Trinajstić information content (AvgIpc) is 3.46. The summed E-state index contributed by atoms with van der Waals surface area (Å²) in [6.07, 6.45) is 5.15. The zero-order chi connectivity index (χ0) is 22.0. The quantitative estimate of drug-likeness (QED) is 0.434. The topological polar surface area (TPSA) is 91.8 Å². The summed E-state index contributed by atoms with van der Waals surface area (Å²) in [4.78, 5) is 12.6. The molecule has 3 heterocycles. The SMILES string of the molecule is COc1cccc(Cn2cc(NC(=O)c3ccn(Cn4nc(C)c(Br)c4C)n3)cn2)c1. The summed E-state index contributed by atoms with van der Waals surface area (Å²) in [5, 5.41) is 16.0. The third kappa shape index (κ3) is 4.69. The number of ether oxygens (including phenoxy) is 1. The molecule has 160 valence electrons. The monoisotopic (exact) mass is 483 g/mol. The van der Waals surface area contributed by atoms with Crippen molar-refractivity contribution in [3.05, 3.63) is 76.0 Å². The number of nitrogens with zero attached hydrogens (tertiary/aromatic N) is 6. The molecule has 9 nitrogen and oxygen atoms in total. The molecule has 1 aromatic carbocycles. The maximum absolute atomic E-state index is 12.6. The maximum atomic E-state index is 12.6. The van der Waals surface area contributed by atoms with Gasteiger partial charge in [-0.25, -0.2) is 4.68 Å². The molecular formula is C21H22BrN7O2. The number of anilines is 1. The van der Waals surface area contributed by atoms with Gasteiger partial charge in [-0.3, -0.25) is 14.2 Å². The minimum Gasteiger partial charge on any atom is -0.497 e. The number of nitrogens with one attached hydrogen (secondary N) is 1. The van der Waals surface area contributed by atoms with Gasteiger partial charge in [0.15, 0.2) is 5.69 Å². The van der Waals surface area contributed by atoms with Crippen molar-refractivity contribution in [3.63, 3.8) is 0 Å². The van der Waals surface area contributed by atoms with Crippen molar-refractivity contribution in [2.75, 3.05) is 12.4 Å². The van der Waals surface area contributed by atoms with Gasteiger partial charge in [0.1, 0.15) is 12.4 Å². The molecule has 0 aliphatic heterocycles. The summed E-state index contributed by atoms with van der Waals surface area (Å²) in [7, 11) is 1.64. The van der Waals surface area contributed by atoms with E-state index in [2.05, 4.69) is 36.5 Å². The molecule has 1 amide bonds. The fourth-order valence-corrected chi connectivity index (χ4v) is 3.46. The average molecular weight is 484 g/mol. The van der Waals surface area contributed by atoms with Crippen molar-refractivity contribution in [3.8, 4) is 5.75 Å². The predicted octanol–water partition coefficient (Wildman–Crippen LogP) is 3.47. The molecule has 1 N–H and O–H groups in total. The highest BCUT2D eigenvalue weighted by atomic mass is 79.9. The smallest absolute Gasteiger partial charge is 0.276 e. The van der Waals surface area contributed by atoms with Gasteiger partial charge < -0.3 is 10.1 Å². The van der Waals surface area contributed by atoms with Crippen LogP contribution in [0.2, 0.25) is 0 Å². The zero-order valence-electron chi connectivity index (χ0n) is 17.4. The van der Waals surface area contributed by atoms with Gasteiger partial charge in [0, 0.05) is 12.4 Å². The predicted molar refractivity (Wildman–Crippen MR) is 119 cm³/mol. The van der Waals surface area contributed by atoms with E-state index >= 15 is 0 Å². The summed E-state index contributed by atoms with van der Waals surface area (Å²) < 4.78 is 11.5. The molecule has 4 rings (SSSR count). The van der Waals surface area contributed by atoms with Crippen LogP contribution in [0.4, 0.5) is 5.69 Å². The molecule has 0 radical (unpaired) electrons. The van der Waals surface area contributed by atoms with Crippen LogP contribution < -0.4 is 10.1 Å². The number of amides is 1. The van der Waals surface area contributed by atoms with Gasteiger partial charge in [-0.1, -0.05) is 12.1 Å². The van der Waals surface area contributed by atoms with Crippen molar-refractivity contribution >= 4 is 27.5 Å². The van der Waals surface area contributed by atoms with Crippen molar-refractivity contribution in [1.82, 2.24) is 29.3 Å². The number of hydrogen-bond donors (Lipinski definition) is 1. The van der Waals surface area contributed by atoms with Gasteiger partial charge in [0.25, 0.3) is 5.91 Å². The zero-order valence-corrected chi connectivity index (χ0v) is 19.0. The molecule has 0 aliphatic carbocycles. The van der Waals surface area contributed by atoms with E-state index in [-0.39, 0.29) is 5.91 Å². The van der Waals surface area contributed by atoms with Gasteiger partial charge in [-0.15, -0.1) is 0 Å². The van der Waals surface area contributed by atoms with Crippen LogP contribution in [0.15, 0.2) is 53.4 Å². The molecule has 0 atom stereocenters. The van der Waals surface area contributed by atoms with E-state index in [4.69, 9.17) is 4.74 Å². The van der Waals surface area contributed by atoms with E-state index in [1.54, 1.807) is 41.1 Å². The first-order valence-corrected chi connectivity index (χ1v) is 10.4. The molecule has 0 saturated carbocycles. The first-order chi connectivity index (χ1) is 14.9. The number of carbonyl (C=O) groups excluding carboxylic acids is 1. The largest absolute Gasteiger partial charge is 0.497 e. The van der Waals surface area contributed by atoms with Crippen LogP contribution >= 0.6 is 15.9 Å². The first kappa shape index (κ1) is 20.9. The number of rotatable bonds is 7. The molecule has 3 aromatic heterocycles. The Hall–Kier alpha value is -3.40. The second kappa shape index (κ2) is 8.76. The van der Waals surface area contributed by atoms with Crippen molar-refractivity contribution in [1.29, 1.82) is 0 Å². The van der Waals surface area contributed by atoms with Gasteiger partial charge in [-0.05, 0) is 53.5 Å². The highest BCUT2D eigenvalue weighted by Crippen LogP contribution is 2.20. The number of methoxy groups -OCH3 is 1. The lowest BCUT2D eigenvalue weighted by Gasteiger charge is -2.05. The van der Waals surface area contributed by atoms with E-state index < -0.39 is 0 Å². The number of halogens is 1. The summed E-state index contributed by atoms with van der Waals surface area (Å²) in [5.41, 5.74) is 3.89. The molecule has 4 aromatic rings. The molecule has 0 spiro atoms. The molecule has 0 unspecified atom stereocenters. The summed E-state index contributed by atoms with van der Waals surface area (Å²) >= 11 is 3.52. The van der Waals surface area contributed by atoms with Crippen LogP contribution in [0.3, 0.4) is 0 Å². The molecule has 0 saturated heterocycles. The summed E-state index contributed by atoms with van der Waals surface area (Å²) in [6.45, 7) is 4.90. The molecule has 31 heavy (non-hydrogen) atoms. The van der Waals surface area contributed by atoms with E-state index in [1.165, 1.54) is 0 Å². The third-order valence-corrected chi connectivity index (χ3v) is 5.96. The maximum Gasteiger partial charge on any atom is 0.276 e. The standard InChI is InChI=1S/C21H22BrN7O2/c1-14-20(22)15(2)29(25-14)13-27-8-7-19(26-27)21(30)24-17-10-23-28(12-17)11-16-5-4-6-18(9-16)31-3/h4-10,12H,11,13H2,1-3H3,(H,24,30). The Bertz CT molecular complexity index is 1220. The van der Waals surface area contributed by atoms with E-state index in [0.29, 0.717) is 24.6 Å². The highest BCUT2D eigenvalue weighted by Gasteiger charge is 2.13. The van der Waals surface area contributed by atoms with Crippen LogP contribution in [0.25, 0.3) is 0 Å². The van der Waals surface area contributed by atoms with Crippen molar-refractivity contribution in [2.24, 2.45) is 0 Å². The Morgan fingerprint density at radius 3 is 2.77 bits per heavy atom. The highest BCUT2D eigenvalue weighted by molar-refractivity contribution is 9.10. The van der Waals surface area contributed by atoms with Gasteiger partial charge in [0.05, 0.1) is 41.4 Å². The van der Waals surface area contributed by atoms with Crippen LogP contribution in [0.5, 0.6) is 5.75 Å². The minimum atomic E-state index is -0.297. The van der Waals surface area contributed by atoms with E-state index in [9.17, 15) is 4.79 Å². The lowest BCUT2D eigenvalue weighted by atomic mass is 10.2. The fraction of sp³-hybridized carbons (Fsp3) is 0.238. The Morgan fingerprint density at radius 1 is 1.19 bits per heavy atom. The molecule has 0 bridgehead atoms. The number of aryl methyl sites for hydroxylation is 1. The lowest BCUT2D eigenvalue weighted by Crippen LogP contribution is -2.15. The Kier molecular flexibility index (Phi) is 5.90. The second-order valence-electron chi connectivity index (χ2n) is 7.10. The van der Waals surface area contributed by atoms with Gasteiger partial charge in [0.2, 0.25) is 0 Å². The number of carbonyl (C=O) groups is 1. The fourth-order valence-electron chi connectivity index (χ4n) is 3.18. The summed E-state index contributed by atoms with van der Waals surface area (Å²) in [6, 6.07) is 9.45. The number of benzene rings is 1. The van der Waals surface area contributed by atoms with Gasteiger partial charge >= 0.3 is 0 Å².